The number of para-hydroxylation sites is 1. The van der Waals surface area contributed by atoms with E-state index >= 15 is 0 Å². The maximum atomic E-state index is 9.92. The number of nitrogens with zero attached hydrogens (tertiary/aromatic N) is 3. The van der Waals surface area contributed by atoms with Crippen molar-refractivity contribution in [3.05, 3.63) is 30.3 Å². The molecule has 6 nitrogen and oxygen atoms in total. The van der Waals surface area contributed by atoms with Crippen LogP contribution in [-0.4, -0.2) is 39.6 Å². The molecule has 1 aliphatic rings. The molecule has 1 aromatic carbocycles. The molecule has 0 radical (unpaired) electrons. The third-order valence-corrected chi connectivity index (χ3v) is 3.79. The van der Waals surface area contributed by atoms with Gasteiger partial charge < -0.3 is 20.8 Å². The van der Waals surface area contributed by atoms with E-state index in [1.165, 1.54) is 0 Å². The van der Waals surface area contributed by atoms with Gasteiger partial charge in [-0.05, 0) is 31.0 Å². The molecule has 110 valence electrons. The normalized spacial score (nSPS) is 16.1. The maximum Gasteiger partial charge on any atom is 0.169 e. The van der Waals surface area contributed by atoms with Crippen molar-refractivity contribution in [2.45, 2.75) is 18.9 Å². The molecule has 1 aromatic heterocycles. The second-order valence-corrected chi connectivity index (χ2v) is 5.24. The van der Waals surface area contributed by atoms with E-state index in [9.17, 15) is 10.2 Å². The first kappa shape index (κ1) is 13.6. The summed E-state index contributed by atoms with van der Waals surface area (Å²) >= 11 is 0. The van der Waals surface area contributed by atoms with Gasteiger partial charge in [0.15, 0.2) is 5.82 Å². The van der Waals surface area contributed by atoms with Gasteiger partial charge in [0.1, 0.15) is 5.75 Å². The molecule has 2 aromatic rings. The Morgan fingerprint density at radius 1 is 1.14 bits per heavy atom. The van der Waals surface area contributed by atoms with Crippen LogP contribution in [0.3, 0.4) is 0 Å². The zero-order chi connectivity index (χ0) is 14.8. The van der Waals surface area contributed by atoms with E-state index in [2.05, 4.69) is 15.1 Å². The lowest BCUT2D eigenvalue weighted by atomic mass is 10.1. The Hall–Kier alpha value is -2.34. The molecule has 0 bridgehead atoms. The summed E-state index contributed by atoms with van der Waals surface area (Å²) in [6, 6.07) is 8.85. The number of anilines is 2. The Morgan fingerprint density at radius 2 is 1.86 bits per heavy atom. The van der Waals surface area contributed by atoms with Crippen LogP contribution in [0.15, 0.2) is 30.3 Å². The van der Waals surface area contributed by atoms with Crippen LogP contribution in [0.25, 0.3) is 11.3 Å². The minimum absolute atomic E-state index is 0.164. The van der Waals surface area contributed by atoms with Crippen LogP contribution in [0.2, 0.25) is 0 Å². The summed E-state index contributed by atoms with van der Waals surface area (Å²) in [7, 11) is 0. The van der Waals surface area contributed by atoms with E-state index in [0.717, 1.165) is 18.8 Å². The van der Waals surface area contributed by atoms with E-state index in [1.807, 2.05) is 12.1 Å². The van der Waals surface area contributed by atoms with Crippen LogP contribution in [0.4, 0.5) is 11.5 Å². The number of hydrogen-bond donors (Lipinski definition) is 3. The number of phenolic OH excluding ortho intramolecular Hbond substituents is 1. The molecule has 0 spiro atoms. The topological polar surface area (TPSA) is 95.5 Å². The predicted molar refractivity (Wildman–Crippen MR) is 81.0 cm³/mol. The number of piperidine rings is 1. The number of nitrogens with two attached hydrogens (primary N) is 1. The highest BCUT2D eigenvalue weighted by molar-refractivity contribution is 5.74. The number of hydrogen-bond acceptors (Lipinski definition) is 6. The van der Waals surface area contributed by atoms with Gasteiger partial charge in [0.05, 0.1) is 17.5 Å². The summed E-state index contributed by atoms with van der Waals surface area (Å²) in [5, 5.41) is 27.6. The van der Waals surface area contributed by atoms with Crippen molar-refractivity contribution >= 4 is 11.5 Å². The van der Waals surface area contributed by atoms with Gasteiger partial charge in [0, 0.05) is 18.7 Å². The number of aliphatic hydroxyl groups is 1. The van der Waals surface area contributed by atoms with Gasteiger partial charge in [-0.15, -0.1) is 10.2 Å². The molecule has 3 rings (SSSR count). The first-order chi connectivity index (χ1) is 10.1. The van der Waals surface area contributed by atoms with Crippen LogP contribution in [-0.2, 0) is 0 Å². The third kappa shape index (κ3) is 2.75. The zero-order valence-corrected chi connectivity index (χ0v) is 11.6. The quantitative estimate of drug-likeness (QED) is 0.772. The molecule has 0 atom stereocenters. The van der Waals surface area contributed by atoms with Crippen molar-refractivity contribution in [3.63, 3.8) is 0 Å². The summed E-state index contributed by atoms with van der Waals surface area (Å²) in [5.74, 6) is 0.530. The highest BCUT2D eigenvalue weighted by Crippen LogP contribution is 2.32. The molecule has 1 fully saturated rings. The number of aromatic nitrogens is 2. The van der Waals surface area contributed by atoms with Crippen LogP contribution in [0, 0.1) is 0 Å². The van der Waals surface area contributed by atoms with E-state index in [1.54, 1.807) is 18.2 Å². The molecule has 6 heteroatoms. The minimum atomic E-state index is -0.241. The Bertz CT molecular complexity index is 639. The lowest BCUT2D eigenvalue weighted by Crippen LogP contribution is -2.36. The molecule has 1 aliphatic heterocycles. The Morgan fingerprint density at radius 3 is 2.57 bits per heavy atom. The molecule has 0 saturated carbocycles. The van der Waals surface area contributed by atoms with Gasteiger partial charge in [-0.1, -0.05) is 12.1 Å². The van der Waals surface area contributed by atoms with E-state index in [0.29, 0.717) is 29.9 Å². The highest BCUT2D eigenvalue weighted by Gasteiger charge is 2.20. The monoisotopic (exact) mass is 286 g/mol. The Balaban J connectivity index is 1.95. The highest BCUT2D eigenvalue weighted by atomic mass is 16.3. The largest absolute Gasteiger partial charge is 0.507 e. The molecule has 21 heavy (non-hydrogen) atoms. The van der Waals surface area contributed by atoms with Gasteiger partial charge in [-0.3, -0.25) is 0 Å². The van der Waals surface area contributed by atoms with Crippen molar-refractivity contribution in [2.75, 3.05) is 23.7 Å². The molecular formula is C15H18N4O2. The van der Waals surface area contributed by atoms with Gasteiger partial charge >= 0.3 is 0 Å². The first-order valence-electron chi connectivity index (χ1n) is 6.99. The fraction of sp³-hybridized carbons (Fsp3) is 0.333. The molecule has 0 unspecified atom stereocenters. The fourth-order valence-corrected chi connectivity index (χ4v) is 2.57. The minimum Gasteiger partial charge on any atom is -0.507 e. The van der Waals surface area contributed by atoms with Crippen molar-refractivity contribution in [2.24, 2.45) is 0 Å². The fourth-order valence-electron chi connectivity index (χ4n) is 2.57. The number of aromatic hydroxyl groups is 1. The molecule has 4 N–H and O–H groups in total. The number of benzene rings is 1. The number of rotatable bonds is 2. The van der Waals surface area contributed by atoms with Crippen LogP contribution in [0.5, 0.6) is 5.75 Å². The Labute approximate surface area is 122 Å². The SMILES string of the molecule is Nc1nnc(-c2ccccc2O)cc1N1CCC(O)CC1. The van der Waals surface area contributed by atoms with E-state index in [4.69, 9.17) is 5.73 Å². The maximum absolute atomic E-state index is 9.92. The van der Waals surface area contributed by atoms with E-state index < -0.39 is 0 Å². The van der Waals surface area contributed by atoms with Crippen molar-refractivity contribution in [3.8, 4) is 17.0 Å². The first-order valence-corrected chi connectivity index (χ1v) is 6.99. The van der Waals surface area contributed by atoms with Crippen molar-refractivity contribution in [1.82, 2.24) is 10.2 Å². The van der Waals surface area contributed by atoms with Gasteiger partial charge in [0.25, 0.3) is 0 Å². The number of aliphatic hydroxyl groups excluding tert-OH is 1. The molecule has 0 aliphatic carbocycles. The molecular weight excluding hydrogens is 268 g/mol. The van der Waals surface area contributed by atoms with Gasteiger partial charge in [0.2, 0.25) is 0 Å². The standard InChI is InChI=1S/C15H18N4O2/c16-15-13(19-7-5-10(20)6-8-19)9-12(17-18-15)11-3-1-2-4-14(11)21/h1-4,9-10,20-21H,5-8H2,(H2,16,18). The predicted octanol–water partition coefficient (Wildman–Crippen LogP) is 1.39. The van der Waals surface area contributed by atoms with Crippen LogP contribution in [0.1, 0.15) is 12.8 Å². The lowest BCUT2D eigenvalue weighted by Gasteiger charge is -2.31. The molecule has 1 saturated heterocycles. The summed E-state index contributed by atoms with van der Waals surface area (Å²) in [6.07, 6.45) is 1.19. The van der Waals surface area contributed by atoms with Gasteiger partial charge in [-0.25, -0.2) is 0 Å². The molecule has 2 heterocycles. The average Bonchev–Trinajstić information content (AvgIpc) is 2.50. The second kappa shape index (κ2) is 5.57. The second-order valence-electron chi connectivity index (χ2n) is 5.24. The number of phenols is 1. The number of nitrogen functional groups attached to an aromatic ring is 1. The van der Waals surface area contributed by atoms with E-state index in [-0.39, 0.29) is 11.9 Å². The average molecular weight is 286 g/mol. The smallest absolute Gasteiger partial charge is 0.169 e. The summed E-state index contributed by atoms with van der Waals surface area (Å²) in [5.41, 5.74) is 7.95. The lowest BCUT2D eigenvalue weighted by molar-refractivity contribution is 0.145. The van der Waals surface area contributed by atoms with Crippen LogP contribution >= 0.6 is 0 Å². The summed E-state index contributed by atoms with van der Waals surface area (Å²) < 4.78 is 0. The Kier molecular flexibility index (Phi) is 3.62. The zero-order valence-electron chi connectivity index (χ0n) is 11.6. The van der Waals surface area contributed by atoms with Crippen molar-refractivity contribution < 1.29 is 10.2 Å². The molecule has 0 amide bonds. The summed E-state index contributed by atoms with van der Waals surface area (Å²) in [4.78, 5) is 2.10. The van der Waals surface area contributed by atoms with Crippen molar-refractivity contribution in [1.29, 1.82) is 0 Å². The third-order valence-electron chi connectivity index (χ3n) is 3.79. The van der Waals surface area contributed by atoms with Crippen LogP contribution < -0.4 is 10.6 Å². The summed E-state index contributed by atoms with van der Waals surface area (Å²) in [6.45, 7) is 1.47. The van der Waals surface area contributed by atoms with Gasteiger partial charge in [-0.2, -0.15) is 0 Å².